The normalized spacial score (nSPS) is 12.2. The lowest BCUT2D eigenvalue weighted by atomic mass is 10.1. The average molecular weight is 478 g/mol. The van der Waals surface area contributed by atoms with Gasteiger partial charge in [0.1, 0.15) is 18.4 Å². The molecule has 0 spiro atoms. The van der Waals surface area contributed by atoms with Crippen LogP contribution in [-0.2, 0) is 26.2 Å². The maximum absolute atomic E-state index is 14.3. The van der Waals surface area contributed by atoms with Crippen molar-refractivity contribution in [2.75, 3.05) is 23.7 Å². The summed E-state index contributed by atoms with van der Waals surface area (Å²) in [6, 6.07) is 10.3. The van der Waals surface area contributed by atoms with Crippen molar-refractivity contribution in [3.05, 3.63) is 65.0 Å². The van der Waals surface area contributed by atoms with E-state index in [0.29, 0.717) is 18.7 Å². The quantitative estimate of drug-likeness (QED) is 0.570. The van der Waals surface area contributed by atoms with Crippen molar-refractivity contribution in [1.82, 2.24) is 10.2 Å². The zero-order chi connectivity index (χ0) is 24.8. The van der Waals surface area contributed by atoms with E-state index in [4.69, 9.17) is 0 Å². The summed E-state index contributed by atoms with van der Waals surface area (Å²) in [7, 11) is -3.81. The Balaban J connectivity index is 2.42. The average Bonchev–Trinajstić information content (AvgIpc) is 2.73. The third-order valence-corrected chi connectivity index (χ3v) is 6.33. The van der Waals surface area contributed by atoms with Gasteiger partial charge in [0.25, 0.3) is 0 Å². The molecule has 180 valence electrons. The van der Waals surface area contributed by atoms with Gasteiger partial charge >= 0.3 is 0 Å². The number of carbonyl (C=O) groups excluding carboxylic acids is 2. The van der Waals surface area contributed by atoms with E-state index in [0.717, 1.165) is 21.7 Å². The van der Waals surface area contributed by atoms with Gasteiger partial charge in [0.05, 0.1) is 11.9 Å². The van der Waals surface area contributed by atoms with Crippen molar-refractivity contribution in [2.45, 2.75) is 46.7 Å². The highest BCUT2D eigenvalue weighted by molar-refractivity contribution is 7.92. The molecule has 2 rings (SSSR count). The highest BCUT2D eigenvalue weighted by Gasteiger charge is 2.30. The molecular weight excluding hydrogens is 445 g/mol. The number of benzene rings is 2. The second kappa shape index (κ2) is 11.3. The first-order valence-corrected chi connectivity index (χ1v) is 12.7. The summed E-state index contributed by atoms with van der Waals surface area (Å²) in [6.45, 7) is 6.88. The molecule has 0 aliphatic carbocycles. The van der Waals surface area contributed by atoms with Gasteiger partial charge in [-0.2, -0.15) is 0 Å². The predicted molar refractivity (Wildman–Crippen MR) is 128 cm³/mol. The van der Waals surface area contributed by atoms with Crippen LogP contribution in [-0.4, -0.2) is 50.5 Å². The van der Waals surface area contributed by atoms with Gasteiger partial charge in [0.15, 0.2) is 0 Å². The lowest BCUT2D eigenvalue weighted by Crippen LogP contribution is -2.51. The van der Waals surface area contributed by atoms with Crippen molar-refractivity contribution in [2.24, 2.45) is 0 Å². The van der Waals surface area contributed by atoms with Crippen LogP contribution < -0.4 is 9.62 Å². The lowest BCUT2D eigenvalue weighted by Gasteiger charge is -2.31. The molecule has 1 atom stereocenters. The lowest BCUT2D eigenvalue weighted by molar-refractivity contribution is -0.139. The molecule has 33 heavy (non-hydrogen) atoms. The molecule has 2 amide bonds. The first kappa shape index (κ1) is 26.3. The van der Waals surface area contributed by atoms with Gasteiger partial charge in [0, 0.05) is 18.7 Å². The fourth-order valence-corrected chi connectivity index (χ4v) is 4.33. The number of halogens is 1. The van der Waals surface area contributed by atoms with Crippen molar-refractivity contribution < 1.29 is 22.4 Å². The smallest absolute Gasteiger partial charge is 0.244 e. The van der Waals surface area contributed by atoms with Gasteiger partial charge in [-0.1, -0.05) is 31.2 Å². The number of nitrogens with one attached hydrogen (secondary N) is 1. The molecular formula is C24H32FN3O4S. The van der Waals surface area contributed by atoms with E-state index in [-0.39, 0.29) is 18.0 Å². The molecule has 1 N–H and O–H groups in total. The van der Waals surface area contributed by atoms with Gasteiger partial charge in [-0.05, 0) is 56.5 Å². The molecule has 0 unspecified atom stereocenters. The van der Waals surface area contributed by atoms with Crippen LogP contribution in [0.1, 0.15) is 37.0 Å². The highest BCUT2D eigenvalue weighted by atomic mass is 32.2. The molecule has 2 aromatic carbocycles. The van der Waals surface area contributed by atoms with Crippen molar-refractivity contribution in [3.8, 4) is 0 Å². The van der Waals surface area contributed by atoms with Crippen LogP contribution in [0.4, 0.5) is 10.1 Å². The SMILES string of the molecule is CCCNC(=O)[C@@H](C)N(Cc1ccccc1F)C(=O)CN(c1cc(C)cc(C)c1)S(C)(=O)=O. The van der Waals surface area contributed by atoms with Crippen LogP contribution in [0.3, 0.4) is 0 Å². The van der Waals surface area contributed by atoms with Crippen molar-refractivity contribution >= 4 is 27.5 Å². The Morgan fingerprint density at radius 2 is 1.70 bits per heavy atom. The van der Waals surface area contributed by atoms with E-state index in [1.807, 2.05) is 26.8 Å². The molecule has 0 heterocycles. The number of anilines is 1. The minimum Gasteiger partial charge on any atom is -0.354 e. The second-order valence-corrected chi connectivity index (χ2v) is 10.1. The predicted octanol–water partition coefficient (Wildman–Crippen LogP) is 3.15. The molecule has 0 radical (unpaired) electrons. The summed E-state index contributed by atoms with van der Waals surface area (Å²) in [6.07, 6.45) is 1.74. The Kier molecular flexibility index (Phi) is 8.99. The Hall–Kier alpha value is -2.94. The zero-order valence-electron chi connectivity index (χ0n) is 19.8. The van der Waals surface area contributed by atoms with Crippen molar-refractivity contribution in [3.63, 3.8) is 0 Å². The Bertz CT molecular complexity index is 1080. The van der Waals surface area contributed by atoms with Gasteiger partial charge in [-0.3, -0.25) is 13.9 Å². The summed E-state index contributed by atoms with van der Waals surface area (Å²) in [4.78, 5) is 27.2. The van der Waals surface area contributed by atoms with Crippen LogP contribution >= 0.6 is 0 Å². The van der Waals surface area contributed by atoms with Gasteiger partial charge in [-0.25, -0.2) is 12.8 Å². The Labute approximate surface area is 195 Å². The Morgan fingerprint density at radius 3 is 2.24 bits per heavy atom. The second-order valence-electron chi connectivity index (χ2n) is 8.20. The van der Waals surface area contributed by atoms with Gasteiger partial charge in [-0.15, -0.1) is 0 Å². The molecule has 0 saturated heterocycles. The third-order valence-electron chi connectivity index (χ3n) is 5.19. The molecule has 0 bridgehead atoms. The number of aryl methyl sites for hydroxylation is 2. The summed E-state index contributed by atoms with van der Waals surface area (Å²) >= 11 is 0. The Morgan fingerprint density at radius 1 is 1.09 bits per heavy atom. The van der Waals surface area contributed by atoms with Gasteiger partial charge < -0.3 is 10.2 Å². The number of amides is 2. The molecule has 0 aliphatic rings. The van der Waals surface area contributed by atoms with E-state index >= 15 is 0 Å². The van der Waals surface area contributed by atoms with Gasteiger partial charge in [0.2, 0.25) is 21.8 Å². The number of rotatable bonds is 10. The molecule has 0 aromatic heterocycles. The third kappa shape index (κ3) is 7.28. The van der Waals surface area contributed by atoms with E-state index in [2.05, 4.69) is 5.32 Å². The maximum Gasteiger partial charge on any atom is 0.244 e. The molecule has 0 saturated carbocycles. The molecule has 7 nitrogen and oxygen atoms in total. The van der Waals surface area contributed by atoms with Crippen molar-refractivity contribution in [1.29, 1.82) is 0 Å². The number of hydrogen-bond acceptors (Lipinski definition) is 4. The first-order valence-electron chi connectivity index (χ1n) is 10.8. The van der Waals surface area contributed by atoms with Crippen LogP contribution in [0, 0.1) is 19.7 Å². The molecule has 2 aromatic rings. The number of carbonyl (C=O) groups is 2. The first-order chi connectivity index (χ1) is 15.4. The number of hydrogen-bond donors (Lipinski definition) is 1. The largest absolute Gasteiger partial charge is 0.354 e. The molecule has 0 fully saturated rings. The van der Waals surface area contributed by atoms with E-state index in [1.54, 1.807) is 25.1 Å². The summed E-state index contributed by atoms with van der Waals surface area (Å²) in [5.41, 5.74) is 2.29. The highest BCUT2D eigenvalue weighted by Crippen LogP contribution is 2.22. The number of sulfonamides is 1. The fourth-order valence-electron chi connectivity index (χ4n) is 3.50. The molecule has 0 aliphatic heterocycles. The van der Waals surface area contributed by atoms with Crippen LogP contribution in [0.5, 0.6) is 0 Å². The minimum absolute atomic E-state index is 0.170. The van der Waals surface area contributed by atoms with Crippen LogP contribution in [0.2, 0.25) is 0 Å². The maximum atomic E-state index is 14.3. The summed E-state index contributed by atoms with van der Waals surface area (Å²) < 4.78 is 40.5. The minimum atomic E-state index is -3.81. The van der Waals surface area contributed by atoms with Crippen LogP contribution in [0.15, 0.2) is 42.5 Å². The molecule has 9 heteroatoms. The zero-order valence-corrected chi connectivity index (χ0v) is 20.6. The van der Waals surface area contributed by atoms with E-state index in [1.165, 1.54) is 23.1 Å². The standard InChI is InChI=1S/C24H32FN3O4S/c1-6-11-26-24(30)19(4)27(15-20-9-7-8-10-22(20)25)23(29)16-28(33(5,31)32)21-13-17(2)12-18(3)14-21/h7-10,12-14,19H,6,11,15-16H2,1-5H3,(H,26,30)/t19-/m1/s1. The topological polar surface area (TPSA) is 86.8 Å². The van der Waals surface area contributed by atoms with Crippen LogP contribution in [0.25, 0.3) is 0 Å². The number of nitrogens with zero attached hydrogens (tertiary/aromatic N) is 2. The fraction of sp³-hybridized carbons (Fsp3) is 0.417. The summed E-state index contributed by atoms with van der Waals surface area (Å²) in [5, 5.41) is 2.74. The monoisotopic (exact) mass is 477 g/mol. The van der Waals surface area contributed by atoms with E-state index in [9.17, 15) is 22.4 Å². The van der Waals surface area contributed by atoms with E-state index < -0.39 is 34.3 Å². The summed E-state index contributed by atoms with van der Waals surface area (Å²) in [5.74, 6) is -1.51.